The molecule has 17 heavy (non-hydrogen) atoms. The van der Waals surface area contributed by atoms with Crippen molar-refractivity contribution in [3.05, 3.63) is 0 Å². The van der Waals surface area contributed by atoms with Crippen molar-refractivity contribution in [1.82, 2.24) is 4.90 Å². The lowest BCUT2D eigenvalue weighted by molar-refractivity contribution is -0.150. The maximum Gasteiger partial charge on any atom is 0.325 e. The lowest BCUT2D eigenvalue weighted by atomic mass is 10.2. The van der Waals surface area contributed by atoms with E-state index in [4.69, 9.17) is 4.74 Å². The smallest absolute Gasteiger partial charge is 0.325 e. The molecule has 5 nitrogen and oxygen atoms in total. The van der Waals surface area contributed by atoms with Crippen molar-refractivity contribution in [2.45, 2.75) is 34.1 Å². The van der Waals surface area contributed by atoms with E-state index in [-0.39, 0.29) is 37.2 Å². The molecule has 0 saturated heterocycles. The molecule has 0 spiro atoms. The van der Waals surface area contributed by atoms with E-state index in [1.165, 1.54) is 11.8 Å². The highest BCUT2D eigenvalue weighted by Crippen LogP contribution is 2.02. The second-order valence-corrected chi connectivity index (χ2v) is 4.35. The molecule has 0 aliphatic heterocycles. The molecule has 0 aliphatic carbocycles. The first-order valence-corrected chi connectivity index (χ1v) is 5.79. The molecule has 0 rings (SSSR count). The Morgan fingerprint density at radius 2 is 1.82 bits per heavy atom. The Morgan fingerprint density at radius 3 is 2.24 bits per heavy atom. The summed E-state index contributed by atoms with van der Waals surface area (Å²) in [5.41, 5.74) is 0. The molecule has 0 aromatic carbocycles. The van der Waals surface area contributed by atoms with Gasteiger partial charge in [-0.2, -0.15) is 0 Å². The largest absolute Gasteiger partial charge is 0.465 e. The molecule has 0 aromatic heterocycles. The molecule has 1 amide bonds. The summed E-state index contributed by atoms with van der Waals surface area (Å²) < 4.78 is 4.79. The number of hydrogen-bond donors (Lipinski definition) is 0. The monoisotopic (exact) mass is 243 g/mol. The quantitative estimate of drug-likeness (QED) is 0.494. The van der Waals surface area contributed by atoms with Gasteiger partial charge in [0.15, 0.2) is 0 Å². The SMILES string of the molecule is CCOC(=O)CN(CC(C)C)C(=O)CC(C)=O. The molecule has 0 unspecified atom stereocenters. The molecule has 0 heterocycles. The van der Waals surface area contributed by atoms with Gasteiger partial charge in [-0.1, -0.05) is 13.8 Å². The number of nitrogens with zero attached hydrogens (tertiary/aromatic N) is 1. The number of carbonyl (C=O) groups excluding carboxylic acids is 3. The molecule has 0 fully saturated rings. The highest BCUT2D eigenvalue weighted by Gasteiger charge is 2.19. The minimum atomic E-state index is -0.440. The number of rotatable bonds is 7. The third-order valence-electron chi connectivity index (χ3n) is 1.96. The average molecular weight is 243 g/mol. The highest BCUT2D eigenvalue weighted by molar-refractivity contribution is 5.97. The summed E-state index contributed by atoms with van der Waals surface area (Å²) in [7, 11) is 0. The molecule has 0 N–H and O–H groups in total. The van der Waals surface area contributed by atoms with Crippen LogP contribution in [-0.2, 0) is 19.1 Å². The summed E-state index contributed by atoms with van der Waals surface area (Å²) in [6.45, 7) is 7.61. The van der Waals surface area contributed by atoms with Gasteiger partial charge in [-0.05, 0) is 19.8 Å². The zero-order valence-corrected chi connectivity index (χ0v) is 11.0. The fraction of sp³-hybridized carbons (Fsp3) is 0.750. The predicted octanol–water partition coefficient (Wildman–Crippen LogP) is 1.01. The van der Waals surface area contributed by atoms with Gasteiger partial charge in [0.1, 0.15) is 12.3 Å². The van der Waals surface area contributed by atoms with Crippen LogP contribution in [0.25, 0.3) is 0 Å². The van der Waals surface area contributed by atoms with E-state index in [2.05, 4.69) is 0 Å². The molecule has 0 bridgehead atoms. The zero-order valence-electron chi connectivity index (χ0n) is 11.0. The normalized spacial score (nSPS) is 10.2. The van der Waals surface area contributed by atoms with Gasteiger partial charge < -0.3 is 9.64 Å². The summed E-state index contributed by atoms with van der Waals surface area (Å²) in [4.78, 5) is 35.3. The molecule has 0 atom stereocenters. The molecule has 98 valence electrons. The van der Waals surface area contributed by atoms with Crippen LogP contribution < -0.4 is 0 Å². The number of hydrogen-bond acceptors (Lipinski definition) is 4. The van der Waals surface area contributed by atoms with Crippen molar-refractivity contribution in [2.24, 2.45) is 5.92 Å². The van der Waals surface area contributed by atoms with E-state index in [0.717, 1.165) is 0 Å². The summed E-state index contributed by atoms with van der Waals surface area (Å²) in [5.74, 6) is -0.725. The highest BCUT2D eigenvalue weighted by atomic mass is 16.5. The minimum absolute atomic E-state index is 0.0852. The van der Waals surface area contributed by atoms with Crippen molar-refractivity contribution in [1.29, 1.82) is 0 Å². The van der Waals surface area contributed by atoms with E-state index in [9.17, 15) is 14.4 Å². The van der Waals surface area contributed by atoms with Crippen molar-refractivity contribution < 1.29 is 19.1 Å². The van der Waals surface area contributed by atoms with Crippen molar-refractivity contribution in [3.63, 3.8) is 0 Å². The second kappa shape index (κ2) is 7.81. The Bertz CT molecular complexity index is 286. The third kappa shape index (κ3) is 7.49. The van der Waals surface area contributed by atoms with Gasteiger partial charge in [-0.3, -0.25) is 14.4 Å². The number of ketones is 1. The van der Waals surface area contributed by atoms with Crippen LogP contribution in [0, 0.1) is 5.92 Å². The Kier molecular flexibility index (Phi) is 7.18. The van der Waals surface area contributed by atoms with Crippen LogP contribution in [0.2, 0.25) is 0 Å². The van der Waals surface area contributed by atoms with Gasteiger partial charge in [-0.25, -0.2) is 0 Å². The standard InChI is InChI=1S/C12H21NO4/c1-5-17-12(16)8-13(7-9(2)3)11(15)6-10(4)14/h9H,5-8H2,1-4H3. The fourth-order valence-electron chi connectivity index (χ4n) is 1.38. The first-order valence-electron chi connectivity index (χ1n) is 5.79. The summed E-state index contributed by atoms with van der Waals surface area (Å²) in [6.07, 6.45) is -0.161. The van der Waals surface area contributed by atoms with Crippen molar-refractivity contribution in [2.75, 3.05) is 19.7 Å². The van der Waals surface area contributed by atoms with Gasteiger partial charge in [0.05, 0.1) is 13.0 Å². The first-order chi connectivity index (χ1) is 7.86. The van der Waals surface area contributed by atoms with E-state index in [1.807, 2.05) is 13.8 Å². The molecule has 0 radical (unpaired) electrons. The van der Waals surface area contributed by atoms with Crippen molar-refractivity contribution in [3.8, 4) is 0 Å². The molecular formula is C12H21NO4. The Balaban J connectivity index is 4.46. The maximum absolute atomic E-state index is 11.7. The summed E-state index contributed by atoms with van der Waals surface area (Å²) in [5, 5.41) is 0. The molecular weight excluding hydrogens is 222 g/mol. The van der Waals surface area contributed by atoms with E-state index < -0.39 is 5.97 Å². The number of ether oxygens (including phenoxy) is 1. The maximum atomic E-state index is 11.7. The predicted molar refractivity (Wildman–Crippen MR) is 63.3 cm³/mol. The number of Topliss-reactive ketones (excluding diaryl/α,β-unsaturated/α-hetero) is 1. The number of esters is 1. The molecule has 0 saturated carbocycles. The fourth-order valence-corrected chi connectivity index (χ4v) is 1.38. The number of carbonyl (C=O) groups is 3. The topological polar surface area (TPSA) is 63.7 Å². The second-order valence-electron chi connectivity index (χ2n) is 4.35. The van der Waals surface area contributed by atoms with Crippen LogP contribution in [0.5, 0.6) is 0 Å². The minimum Gasteiger partial charge on any atom is -0.465 e. The Hall–Kier alpha value is -1.39. The van der Waals surface area contributed by atoms with E-state index >= 15 is 0 Å². The van der Waals surface area contributed by atoms with Crippen LogP contribution in [0.1, 0.15) is 34.1 Å². The van der Waals surface area contributed by atoms with Crippen molar-refractivity contribution >= 4 is 17.7 Å². The van der Waals surface area contributed by atoms with E-state index in [0.29, 0.717) is 6.54 Å². The van der Waals surface area contributed by atoms with Gasteiger partial charge in [0.25, 0.3) is 0 Å². The van der Waals surface area contributed by atoms with Gasteiger partial charge in [0.2, 0.25) is 5.91 Å². The zero-order chi connectivity index (χ0) is 13.4. The van der Waals surface area contributed by atoms with Crippen LogP contribution in [0.4, 0.5) is 0 Å². The first kappa shape index (κ1) is 15.6. The lowest BCUT2D eigenvalue weighted by Crippen LogP contribution is -2.39. The van der Waals surface area contributed by atoms with Crippen LogP contribution in [-0.4, -0.2) is 42.3 Å². The van der Waals surface area contributed by atoms with Crippen LogP contribution >= 0.6 is 0 Å². The van der Waals surface area contributed by atoms with Crippen LogP contribution in [0.3, 0.4) is 0 Å². The van der Waals surface area contributed by atoms with Crippen LogP contribution in [0.15, 0.2) is 0 Å². The molecule has 0 aliphatic rings. The Labute approximate surface area is 102 Å². The molecule has 0 aromatic rings. The summed E-state index contributed by atoms with van der Waals surface area (Å²) in [6, 6.07) is 0. The van der Waals surface area contributed by atoms with Gasteiger partial charge in [-0.15, -0.1) is 0 Å². The summed E-state index contributed by atoms with van der Waals surface area (Å²) >= 11 is 0. The van der Waals surface area contributed by atoms with Gasteiger partial charge in [0, 0.05) is 6.54 Å². The number of amides is 1. The molecule has 5 heteroatoms. The van der Waals surface area contributed by atoms with E-state index in [1.54, 1.807) is 6.92 Å². The Morgan fingerprint density at radius 1 is 1.24 bits per heavy atom. The third-order valence-corrected chi connectivity index (χ3v) is 1.96. The average Bonchev–Trinajstić information content (AvgIpc) is 2.15. The lowest BCUT2D eigenvalue weighted by Gasteiger charge is -2.23. The van der Waals surface area contributed by atoms with Gasteiger partial charge >= 0.3 is 5.97 Å².